The van der Waals surface area contributed by atoms with Crippen molar-refractivity contribution >= 4 is 27.8 Å². The molecule has 59 heavy (non-hydrogen) atoms. The van der Waals surface area contributed by atoms with Crippen molar-refractivity contribution < 1.29 is 30.5 Å². The van der Waals surface area contributed by atoms with Gasteiger partial charge >= 0.3 is 21.1 Å². The molecule has 0 radical (unpaired) electrons. The van der Waals surface area contributed by atoms with Gasteiger partial charge in [-0.3, -0.25) is 4.99 Å². The van der Waals surface area contributed by atoms with Gasteiger partial charge in [0.05, 0.1) is 5.52 Å². The largest absolute Gasteiger partial charge is 2.00 e. The standard InChI is InChI=1S/C53H55N3O2.Pt/c1-32-23-34(3)46(35(4)24-32)36-25-37(49-55-53(13,52(11,12)58-49)38-17-15-14-16-18-38)27-42(26-36)57-43-29-40(51(8,9)10)28-41(31-43)56-45-20-19-39(50(5,6)7)30-44(45)47-33(2)21-22-54-48(47)56;/h14-26,28-30H,1-13H3;/q-2;+2/t53-;/m1./s1. The summed E-state index contributed by atoms with van der Waals surface area (Å²) in [5.74, 6) is 1.69. The predicted octanol–water partition coefficient (Wildman–Crippen LogP) is 13.5. The van der Waals surface area contributed by atoms with Gasteiger partial charge in [0.25, 0.3) is 0 Å². The number of aromatic nitrogens is 2. The maximum atomic E-state index is 6.96. The average molecular weight is 961 g/mol. The van der Waals surface area contributed by atoms with Gasteiger partial charge in [0.1, 0.15) is 22.7 Å². The topological polar surface area (TPSA) is 48.6 Å². The Morgan fingerprint density at radius 1 is 0.695 bits per heavy atom. The van der Waals surface area contributed by atoms with E-state index in [0.717, 1.165) is 50.1 Å². The van der Waals surface area contributed by atoms with Crippen molar-refractivity contribution in [1.29, 1.82) is 0 Å². The summed E-state index contributed by atoms with van der Waals surface area (Å²) < 4.78 is 16.0. The van der Waals surface area contributed by atoms with Crippen LogP contribution < -0.4 is 4.74 Å². The first-order valence-corrected chi connectivity index (χ1v) is 20.4. The molecule has 0 saturated heterocycles. The molecule has 0 saturated carbocycles. The first-order valence-electron chi connectivity index (χ1n) is 20.4. The zero-order valence-corrected chi connectivity index (χ0v) is 39.0. The number of hydrogen-bond donors (Lipinski definition) is 0. The molecule has 3 heterocycles. The first kappa shape index (κ1) is 42.1. The fourth-order valence-electron chi connectivity index (χ4n) is 8.54. The first-order chi connectivity index (χ1) is 27.2. The molecule has 0 fully saturated rings. The number of fused-ring (bicyclic) bond motifs is 3. The summed E-state index contributed by atoms with van der Waals surface area (Å²) in [6.45, 7) is 28.5. The smallest absolute Gasteiger partial charge is 0.512 e. The Morgan fingerprint density at radius 3 is 2.02 bits per heavy atom. The summed E-state index contributed by atoms with van der Waals surface area (Å²) in [6.07, 6.45) is 1.90. The molecule has 304 valence electrons. The molecule has 0 bridgehead atoms. The van der Waals surface area contributed by atoms with Crippen molar-refractivity contribution in [1.82, 2.24) is 9.55 Å². The Balaban J connectivity index is 0.00000528. The Hall–Kier alpha value is -4.99. The Kier molecular flexibility index (Phi) is 10.7. The molecule has 0 spiro atoms. The van der Waals surface area contributed by atoms with E-state index in [1.54, 1.807) is 0 Å². The van der Waals surface area contributed by atoms with Crippen LogP contribution in [0.25, 0.3) is 38.8 Å². The molecule has 0 N–H and O–H groups in total. The number of rotatable bonds is 6. The second-order valence-electron chi connectivity index (χ2n) is 19.0. The van der Waals surface area contributed by atoms with Crippen molar-refractivity contribution in [3.05, 3.63) is 154 Å². The molecule has 0 aliphatic carbocycles. The van der Waals surface area contributed by atoms with Crippen molar-refractivity contribution in [3.8, 4) is 28.3 Å². The van der Waals surface area contributed by atoms with Gasteiger partial charge in [-0.2, -0.15) is 0 Å². The summed E-state index contributed by atoms with van der Waals surface area (Å²) in [7, 11) is 0. The van der Waals surface area contributed by atoms with E-state index in [9.17, 15) is 0 Å². The Morgan fingerprint density at radius 2 is 1.36 bits per heavy atom. The molecule has 5 nitrogen and oxygen atoms in total. The molecule has 0 amide bonds. The Bertz CT molecular complexity index is 2760. The van der Waals surface area contributed by atoms with Crippen molar-refractivity contribution in [3.63, 3.8) is 0 Å². The van der Waals surface area contributed by atoms with Crippen LogP contribution in [-0.4, -0.2) is 21.0 Å². The molecule has 2 aromatic heterocycles. The predicted molar refractivity (Wildman–Crippen MR) is 240 cm³/mol. The third-order valence-electron chi connectivity index (χ3n) is 12.1. The van der Waals surface area contributed by atoms with Gasteiger partial charge in [-0.1, -0.05) is 125 Å². The SMILES string of the molecule is Cc1cc(C)c(-c2cc(Oc3[c-]c(-n4c5ccc(C(C)(C)C)cc5c5c(C)ccnc54)cc(C(C)(C)C)c3)[c-]c(C3=N[C@](C)(c4ccccc4)C(C)(C)O3)c2)c(C)c1.[Pt+2]. The zero-order chi connectivity index (χ0) is 41.5. The van der Waals surface area contributed by atoms with Crippen LogP contribution in [0.15, 0.2) is 102 Å². The number of nitrogens with zero attached hydrogens (tertiary/aromatic N) is 3. The summed E-state index contributed by atoms with van der Waals surface area (Å²) in [4.78, 5) is 10.3. The number of aryl methyl sites for hydroxylation is 4. The van der Waals surface area contributed by atoms with E-state index in [1.807, 2.05) is 12.3 Å². The van der Waals surface area contributed by atoms with E-state index >= 15 is 0 Å². The van der Waals surface area contributed by atoms with Crippen LogP contribution in [0.1, 0.15) is 107 Å². The number of hydrogen-bond acceptors (Lipinski definition) is 4. The Labute approximate surface area is 365 Å². The van der Waals surface area contributed by atoms with Crippen LogP contribution in [0.5, 0.6) is 11.5 Å². The number of pyridine rings is 1. The van der Waals surface area contributed by atoms with Gasteiger partial charge in [0.2, 0.25) is 0 Å². The van der Waals surface area contributed by atoms with Crippen molar-refractivity contribution in [2.45, 2.75) is 112 Å². The minimum Gasteiger partial charge on any atom is -0.512 e. The summed E-state index contributed by atoms with van der Waals surface area (Å²) >= 11 is 0. The third kappa shape index (κ3) is 7.57. The van der Waals surface area contributed by atoms with Gasteiger partial charge in [-0.05, 0) is 111 Å². The van der Waals surface area contributed by atoms with Gasteiger partial charge in [0, 0.05) is 28.5 Å². The number of aliphatic imine (C=N–C) groups is 1. The summed E-state index contributed by atoms with van der Waals surface area (Å²) in [5.41, 5.74) is 12.7. The van der Waals surface area contributed by atoms with Crippen molar-refractivity contribution in [2.75, 3.05) is 0 Å². The fraction of sp³-hybridized carbons (Fsp3) is 0.321. The van der Waals surface area contributed by atoms with E-state index < -0.39 is 11.1 Å². The van der Waals surface area contributed by atoms with Gasteiger partial charge in [-0.25, -0.2) is 4.98 Å². The molecule has 1 aliphatic rings. The molecule has 7 aromatic rings. The van der Waals surface area contributed by atoms with E-state index in [0.29, 0.717) is 17.4 Å². The monoisotopic (exact) mass is 960 g/mol. The fourth-order valence-corrected chi connectivity index (χ4v) is 8.54. The van der Waals surface area contributed by atoms with E-state index in [2.05, 4.69) is 192 Å². The second-order valence-corrected chi connectivity index (χ2v) is 19.0. The van der Waals surface area contributed by atoms with E-state index in [1.165, 1.54) is 33.2 Å². The van der Waals surface area contributed by atoms with Gasteiger partial charge in [-0.15, -0.1) is 29.8 Å². The van der Waals surface area contributed by atoms with Crippen molar-refractivity contribution in [2.24, 2.45) is 4.99 Å². The minimum absolute atomic E-state index is 0. The quantitative estimate of drug-likeness (QED) is 0.156. The normalized spacial score (nSPS) is 16.5. The van der Waals surface area contributed by atoms with Gasteiger partial charge in [0.15, 0.2) is 0 Å². The van der Waals surface area contributed by atoms with Crippen LogP contribution in [0.3, 0.4) is 0 Å². The molecule has 6 heteroatoms. The summed E-state index contributed by atoms with van der Waals surface area (Å²) in [5, 5.41) is 2.33. The molecule has 1 aliphatic heterocycles. The van der Waals surface area contributed by atoms with Crippen LogP contribution in [0.2, 0.25) is 0 Å². The average Bonchev–Trinajstić information content (AvgIpc) is 3.61. The molecular formula is C53H55N3O2Pt. The molecule has 8 rings (SSSR count). The number of benzene rings is 5. The maximum absolute atomic E-state index is 6.96. The number of ether oxygens (including phenoxy) is 2. The molecule has 5 aromatic carbocycles. The zero-order valence-electron chi connectivity index (χ0n) is 36.7. The van der Waals surface area contributed by atoms with Crippen LogP contribution in [0, 0.1) is 39.8 Å². The minimum atomic E-state index is -0.615. The van der Waals surface area contributed by atoms with Crippen LogP contribution >= 0.6 is 0 Å². The summed E-state index contributed by atoms with van der Waals surface area (Å²) in [6, 6.07) is 39.6. The molecule has 1 atom stereocenters. The molecule has 0 unspecified atom stereocenters. The van der Waals surface area contributed by atoms with Gasteiger partial charge < -0.3 is 14.0 Å². The van der Waals surface area contributed by atoms with Crippen LogP contribution in [0.4, 0.5) is 0 Å². The molecular weight excluding hydrogens is 906 g/mol. The second kappa shape index (κ2) is 14.9. The van der Waals surface area contributed by atoms with E-state index in [4.69, 9.17) is 19.5 Å². The van der Waals surface area contributed by atoms with Crippen LogP contribution in [-0.2, 0) is 42.2 Å². The maximum Gasteiger partial charge on any atom is 2.00 e. The third-order valence-corrected chi connectivity index (χ3v) is 12.1. The van der Waals surface area contributed by atoms with E-state index in [-0.39, 0.29) is 31.9 Å².